The van der Waals surface area contributed by atoms with E-state index in [1.165, 1.54) is 12.1 Å². The molecule has 1 fully saturated rings. The van der Waals surface area contributed by atoms with Crippen LogP contribution in [0.25, 0.3) is 0 Å². The van der Waals surface area contributed by atoms with Gasteiger partial charge in [-0.2, -0.15) is 13.2 Å². The molecule has 0 bridgehead atoms. The lowest BCUT2D eigenvalue weighted by molar-refractivity contribution is -0.274. The lowest BCUT2D eigenvalue weighted by Gasteiger charge is -2.27. The van der Waals surface area contributed by atoms with E-state index in [2.05, 4.69) is 0 Å². The lowest BCUT2D eigenvalue weighted by Crippen LogP contribution is -2.44. The molecule has 2 rings (SSSR count). The van der Waals surface area contributed by atoms with Crippen LogP contribution in [0.5, 0.6) is 0 Å². The maximum Gasteiger partial charge on any atom is 0.432 e. The molecular weight excluding hydrogens is 274 g/mol. The monoisotopic (exact) mass is 284 g/mol. The van der Waals surface area contributed by atoms with Crippen LogP contribution >= 0.6 is 0 Å². The number of halogens is 6. The second-order valence-electron chi connectivity index (χ2n) is 4.37. The Bertz CT molecular complexity index is 437. The number of epoxide rings is 1. The normalized spacial score (nSPS) is 22.4. The van der Waals surface area contributed by atoms with Crippen molar-refractivity contribution in [2.24, 2.45) is 0 Å². The van der Waals surface area contributed by atoms with E-state index in [1.54, 1.807) is 0 Å². The van der Waals surface area contributed by atoms with Gasteiger partial charge in [0.15, 0.2) is 0 Å². The average molecular weight is 284 g/mol. The van der Waals surface area contributed by atoms with Gasteiger partial charge in [0.25, 0.3) is 12.1 Å². The summed E-state index contributed by atoms with van der Waals surface area (Å²) in [5, 5.41) is 0. The van der Waals surface area contributed by atoms with Crippen LogP contribution in [0.2, 0.25) is 0 Å². The summed E-state index contributed by atoms with van der Waals surface area (Å²) in [4.78, 5) is 0. The van der Waals surface area contributed by atoms with Crippen molar-refractivity contribution in [1.82, 2.24) is 0 Å². The molecule has 0 aliphatic carbocycles. The molecule has 2 atom stereocenters. The van der Waals surface area contributed by atoms with E-state index in [0.717, 1.165) is 12.1 Å². The number of hydrogen-bond donors (Lipinski definition) is 0. The molecule has 2 unspecified atom stereocenters. The minimum Gasteiger partial charge on any atom is -0.373 e. The van der Waals surface area contributed by atoms with Gasteiger partial charge in [-0.15, -0.1) is 0 Å². The molecule has 1 aromatic rings. The van der Waals surface area contributed by atoms with E-state index in [0.29, 0.717) is 18.6 Å². The molecular formula is C12H10F6O. The van der Waals surface area contributed by atoms with E-state index in [-0.39, 0.29) is 6.10 Å². The molecule has 1 heterocycles. The Labute approximate surface area is 105 Å². The van der Waals surface area contributed by atoms with Gasteiger partial charge in [0.2, 0.25) is 0 Å². The molecule has 0 aromatic heterocycles. The number of benzene rings is 1. The summed E-state index contributed by atoms with van der Waals surface area (Å²) >= 11 is 0. The second kappa shape index (κ2) is 4.70. The Balaban J connectivity index is 2.27. The highest BCUT2D eigenvalue weighted by atomic mass is 19.4. The fourth-order valence-corrected chi connectivity index (χ4v) is 1.75. The van der Waals surface area contributed by atoms with E-state index in [1.807, 2.05) is 0 Å². The van der Waals surface area contributed by atoms with Crippen LogP contribution in [0, 0.1) is 0 Å². The fraction of sp³-hybridized carbons (Fsp3) is 0.500. The molecule has 7 heteroatoms. The summed E-state index contributed by atoms with van der Waals surface area (Å²) in [6.45, 7) is 0.564. The minimum absolute atomic E-state index is 0.0127. The Hall–Kier alpha value is -1.24. The largest absolute Gasteiger partial charge is 0.432 e. The van der Waals surface area contributed by atoms with Gasteiger partial charge in [0.05, 0.1) is 12.7 Å². The van der Waals surface area contributed by atoms with Gasteiger partial charge < -0.3 is 4.74 Å². The molecule has 19 heavy (non-hydrogen) atoms. The van der Waals surface area contributed by atoms with E-state index in [9.17, 15) is 26.3 Å². The van der Waals surface area contributed by atoms with Crippen molar-refractivity contribution >= 4 is 0 Å². The Morgan fingerprint density at radius 2 is 1.63 bits per heavy atom. The molecule has 0 amide bonds. The van der Waals surface area contributed by atoms with E-state index >= 15 is 0 Å². The van der Waals surface area contributed by atoms with Crippen molar-refractivity contribution in [1.29, 1.82) is 0 Å². The molecule has 0 N–H and O–H groups in total. The first-order valence-corrected chi connectivity index (χ1v) is 5.50. The average Bonchev–Trinajstić information content (AvgIpc) is 3.11. The summed E-state index contributed by atoms with van der Waals surface area (Å²) in [7, 11) is 0. The van der Waals surface area contributed by atoms with Gasteiger partial charge in [-0.25, -0.2) is 13.2 Å². The van der Waals surface area contributed by atoms with Crippen LogP contribution < -0.4 is 0 Å². The minimum atomic E-state index is -5.66. The third-order valence-electron chi connectivity index (χ3n) is 2.95. The van der Waals surface area contributed by atoms with Crippen molar-refractivity contribution in [3.8, 4) is 0 Å². The number of hydrogen-bond acceptors (Lipinski definition) is 1. The van der Waals surface area contributed by atoms with Crippen molar-refractivity contribution in [3.05, 3.63) is 35.4 Å². The quantitative estimate of drug-likeness (QED) is 0.607. The van der Waals surface area contributed by atoms with Gasteiger partial charge in [0.1, 0.15) is 0 Å². The highest BCUT2D eigenvalue weighted by Gasteiger charge is 2.63. The molecule has 1 aliphatic rings. The van der Waals surface area contributed by atoms with E-state index in [4.69, 9.17) is 4.74 Å². The maximum absolute atomic E-state index is 13.7. The zero-order valence-electron chi connectivity index (χ0n) is 9.55. The van der Waals surface area contributed by atoms with Crippen molar-refractivity contribution in [2.75, 3.05) is 6.61 Å². The molecule has 1 saturated heterocycles. The molecule has 1 aromatic carbocycles. The maximum atomic E-state index is 13.7. The van der Waals surface area contributed by atoms with Crippen LogP contribution in [0.15, 0.2) is 24.3 Å². The summed E-state index contributed by atoms with van der Waals surface area (Å²) in [6, 6.07) is 3.91. The fourth-order valence-electron chi connectivity index (χ4n) is 1.75. The Morgan fingerprint density at radius 3 is 2.00 bits per heavy atom. The number of alkyl halides is 6. The Morgan fingerprint density at radius 1 is 1.11 bits per heavy atom. The number of ether oxygens (including phenoxy) is 1. The first kappa shape index (κ1) is 14.2. The van der Waals surface area contributed by atoms with Crippen molar-refractivity contribution in [2.45, 2.75) is 30.8 Å². The Kier molecular flexibility index (Phi) is 3.51. The topological polar surface area (TPSA) is 12.5 Å². The molecule has 0 saturated carbocycles. The third-order valence-corrected chi connectivity index (χ3v) is 2.95. The summed E-state index contributed by atoms with van der Waals surface area (Å²) in [6.07, 6.45) is -9.36. The second-order valence-corrected chi connectivity index (χ2v) is 4.37. The molecule has 1 aliphatic heterocycles. The van der Waals surface area contributed by atoms with Gasteiger partial charge in [-0.1, -0.05) is 24.3 Å². The smallest absolute Gasteiger partial charge is 0.373 e. The van der Waals surface area contributed by atoms with Crippen LogP contribution in [0.3, 0.4) is 0 Å². The van der Waals surface area contributed by atoms with Crippen LogP contribution in [0.1, 0.15) is 11.1 Å². The highest BCUT2D eigenvalue weighted by molar-refractivity contribution is 5.30. The van der Waals surface area contributed by atoms with Crippen LogP contribution in [-0.2, 0) is 16.8 Å². The zero-order valence-corrected chi connectivity index (χ0v) is 9.55. The standard InChI is InChI=1S/C12H10F6O/c13-10(14)11(15,12(16,17)18)8-3-1-7(2-4-8)5-9-6-19-9/h1-4,9-10H,5-6H2. The molecule has 0 radical (unpaired) electrons. The SMILES string of the molecule is FC(F)C(F)(c1ccc(CC2CO2)cc1)C(F)(F)F. The van der Waals surface area contributed by atoms with Crippen LogP contribution in [-0.4, -0.2) is 25.3 Å². The summed E-state index contributed by atoms with van der Waals surface area (Å²) < 4.78 is 81.0. The van der Waals surface area contributed by atoms with E-state index < -0.39 is 23.8 Å². The highest BCUT2D eigenvalue weighted by Crippen LogP contribution is 2.46. The molecule has 106 valence electrons. The van der Waals surface area contributed by atoms with Crippen LogP contribution in [0.4, 0.5) is 26.3 Å². The first-order chi connectivity index (χ1) is 8.75. The van der Waals surface area contributed by atoms with Gasteiger partial charge >= 0.3 is 6.18 Å². The van der Waals surface area contributed by atoms with Crippen molar-refractivity contribution < 1.29 is 31.1 Å². The zero-order chi connectivity index (χ0) is 14.3. The van der Waals surface area contributed by atoms with Crippen molar-refractivity contribution in [3.63, 3.8) is 0 Å². The predicted molar refractivity (Wildman–Crippen MR) is 54.7 cm³/mol. The third kappa shape index (κ3) is 2.70. The summed E-state index contributed by atoms with van der Waals surface area (Å²) in [5.41, 5.74) is -5.11. The first-order valence-electron chi connectivity index (χ1n) is 5.50. The molecule has 0 spiro atoms. The molecule has 1 nitrogen and oxygen atoms in total. The van der Waals surface area contributed by atoms with Gasteiger partial charge in [-0.3, -0.25) is 0 Å². The van der Waals surface area contributed by atoms with Gasteiger partial charge in [0, 0.05) is 12.0 Å². The van der Waals surface area contributed by atoms with Gasteiger partial charge in [-0.05, 0) is 5.56 Å². The lowest BCUT2D eigenvalue weighted by atomic mass is 9.94. The summed E-state index contributed by atoms with van der Waals surface area (Å²) in [5.74, 6) is 0. The number of rotatable bonds is 4. The predicted octanol–water partition coefficient (Wildman–Crippen LogP) is 3.62.